The summed E-state index contributed by atoms with van der Waals surface area (Å²) >= 11 is 0. The van der Waals surface area contributed by atoms with Crippen LogP contribution in [0, 0.1) is 5.92 Å². The quantitative estimate of drug-likeness (QED) is 0.664. The summed E-state index contributed by atoms with van der Waals surface area (Å²) < 4.78 is 0. The highest BCUT2D eigenvalue weighted by molar-refractivity contribution is 5.77. The summed E-state index contributed by atoms with van der Waals surface area (Å²) in [7, 11) is 0. The second-order valence-corrected chi connectivity index (χ2v) is 2.90. The lowest BCUT2D eigenvalue weighted by Gasteiger charge is -2.09. The molecular formula is C9H13N3O. The van der Waals surface area contributed by atoms with Crippen molar-refractivity contribution in [3.8, 4) is 0 Å². The summed E-state index contributed by atoms with van der Waals surface area (Å²) in [4.78, 5) is 14.8. The molecule has 70 valence electrons. The molecule has 0 saturated heterocycles. The van der Waals surface area contributed by atoms with E-state index < -0.39 is 0 Å². The Kier molecular flexibility index (Phi) is 3.40. The third kappa shape index (κ3) is 2.83. The highest BCUT2D eigenvalue weighted by Crippen LogP contribution is 2.05. The highest BCUT2D eigenvalue weighted by atomic mass is 16.1. The van der Waals surface area contributed by atoms with Crippen LogP contribution in [0.3, 0.4) is 0 Å². The van der Waals surface area contributed by atoms with Gasteiger partial charge in [-0.3, -0.25) is 9.78 Å². The molecule has 1 unspecified atom stereocenters. The SMILES string of the molecule is NCC(Cc1cccnc1)C(N)=O. The molecule has 0 aliphatic heterocycles. The first-order valence-corrected chi connectivity index (χ1v) is 4.12. The maximum atomic E-state index is 10.9. The van der Waals surface area contributed by atoms with E-state index in [9.17, 15) is 4.79 Å². The minimum atomic E-state index is -0.355. The predicted octanol–water partition coefficient (Wildman–Crippen LogP) is -0.316. The molecule has 1 rings (SSSR count). The summed E-state index contributed by atoms with van der Waals surface area (Å²) in [5.74, 6) is -0.643. The minimum Gasteiger partial charge on any atom is -0.369 e. The Morgan fingerprint density at radius 3 is 2.85 bits per heavy atom. The van der Waals surface area contributed by atoms with Gasteiger partial charge in [-0.15, -0.1) is 0 Å². The zero-order valence-corrected chi connectivity index (χ0v) is 7.31. The van der Waals surface area contributed by atoms with Crippen LogP contribution in [-0.4, -0.2) is 17.4 Å². The first-order chi connectivity index (χ1) is 6.24. The maximum absolute atomic E-state index is 10.9. The normalized spacial score (nSPS) is 12.4. The van der Waals surface area contributed by atoms with Gasteiger partial charge in [0.1, 0.15) is 0 Å². The Morgan fingerprint density at radius 2 is 2.38 bits per heavy atom. The fourth-order valence-corrected chi connectivity index (χ4v) is 1.10. The molecule has 1 amide bonds. The Hall–Kier alpha value is -1.42. The van der Waals surface area contributed by atoms with Gasteiger partial charge in [0, 0.05) is 18.9 Å². The molecule has 1 aromatic heterocycles. The molecule has 0 radical (unpaired) electrons. The van der Waals surface area contributed by atoms with Crippen molar-refractivity contribution in [2.45, 2.75) is 6.42 Å². The molecule has 4 heteroatoms. The van der Waals surface area contributed by atoms with Crippen LogP contribution in [-0.2, 0) is 11.2 Å². The van der Waals surface area contributed by atoms with Gasteiger partial charge in [-0.25, -0.2) is 0 Å². The number of amides is 1. The summed E-state index contributed by atoms with van der Waals surface area (Å²) in [6, 6.07) is 3.72. The Labute approximate surface area is 77.0 Å². The molecular weight excluding hydrogens is 166 g/mol. The van der Waals surface area contributed by atoms with E-state index in [1.165, 1.54) is 0 Å². The number of hydrogen-bond acceptors (Lipinski definition) is 3. The van der Waals surface area contributed by atoms with E-state index in [1.54, 1.807) is 12.4 Å². The van der Waals surface area contributed by atoms with Crippen LogP contribution in [0.15, 0.2) is 24.5 Å². The minimum absolute atomic E-state index is 0.282. The molecule has 13 heavy (non-hydrogen) atoms. The van der Waals surface area contributed by atoms with Crippen molar-refractivity contribution >= 4 is 5.91 Å². The topological polar surface area (TPSA) is 82.0 Å². The van der Waals surface area contributed by atoms with Gasteiger partial charge in [0.15, 0.2) is 0 Å². The number of primary amides is 1. The van der Waals surface area contributed by atoms with Crippen molar-refractivity contribution in [2.75, 3.05) is 6.54 Å². The van der Waals surface area contributed by atoms with Gasteiger partial charge in [0.2, 0.25) is 5.91 Å². The third-order valence-corrected chi connectivity index (χ3v) is 1.89. The standard InChI is InChI=1S/C9H13N3O/c10-5-8(9(11)13)4-7-2-1-3-12-6-7/h1-3,6,8H,4-5,10H2,(H2,11,13). The van der Waals surface area contributed by atoms with Gasteiger partial charge in [-0.05, 0) is 18.1 Å². The molecule has 1 heterocycles. The van der Waals surface area contributed by atoms with Crippen LogP contribution in [0.4, 0.5) is 0 Å². The number of hydrogen-bond donors (Lipinski definition) is 2. The zero-order chi connectivity index (χ0) is 9.68. The van der Waals surface area contributed by atoms with E-state index in [1.807, 2.05) is 12.1 Å². The van der Waals surface area contributed by atoms with Crippen molar-refractivity contribution in [3.05, 3.63) is 30.1 Å². The van der Waals surface area contributed by atoms with Gasteiger partial charge < -0.3 is 11.5 Å². The van der Waals surface area contributed by atoms with Crippen LogP contribution in [0.1, 0.15) is 5.56 Å². The molecule has 0 fully saturated rings. The lowest BCUT2D eigenvalue weighted by Crippen LogP contribution is -2.31. The fraction of sp³-hybridized carbons (Fsp3) is 0.333. The van der Waals surface area contributed by atoms with Gasteiger partial charge in [-0.1, -0.05) is 6.07 Å². The number of pyridine rings is 1. The van der Waals surface area contributed by atoms with E-state index in [0.717, 1.165) is 5.56 Å². The van der Waals surface area contributed by atoms with Crippen LogP contribution in [0.2, 0.25) is 0 Å². The second-order valence-electron chi connectivity index (χ2n) is 2.90. The fourth-order valence-electron chi connectivity index (χ4n) is 1.10. The number of aromatic nitrogens is 1. The predicted molar refractivity (Wildman–Crippen MR) is 49.7 cm³/mol. The van der Waals surface area contributed by atoms with Gasteiger partial charge >= 0.3 is 0 Å². The first-order valence-electron chi connectivity index (χ1n) is 4.12. The Balaban J connectivity index is 2.62. The molecule has 0 aliphatic carbocycles. The molecule has 0 aliphatic rings. The zero-order valence-electron chi connectivity index (χ0n) is 7.31. The van der Waals surface area contributed by atoms with Crippen molar-refractivity contribution < 1.29 is 4.79 Å². The molecule has 0 spiro atoms. The smallest absolute Gasteiger partial charge is 0.222 e. The van der Waals surface area contributed by atoms with Crippen LogP contribution < -0.4 is 11.5 Å². The third-order valence-electron chi connectivity index (χ3n) is 1.89. The molecule has 4 nitrogen and oxygen atoms in total. The van der Waals surface area contributed by atoms with Crippen molar-refractivity contribution in [1.82, 2.24) is 4.98 Å². The van der Waals surface area contributed by atoms with Crippen LogP contribution in [0.5, 0.6) is 0 Å². The van der Waals surface area contributed by atoms with Gasteiger partial charge in [-0.2, -0.15) is 0 Å². The van der Waals surface area contributed by atoms with E-state index in [2.05, 4.69) is 4.98 Å². The molecule has 0 bridgehead atoms. The number of nitrogens with zero attached hydrogens (tertiary/aromatic N) is 1. The maximum Gasteiger partial charge on any atom is 0.222 e. The molecule has 0 aromatic carbocycles. The average Bonchev–Trinajstić information content (AvgIpc) is 2.15. The Bertz CT molecular complexity index is 273. The lowest BCUT2D eigenvalue weighted by atomic mass is 10.0. The monoisotopic (exact) mass is 179 g/mol. The summed E-state index contributed by atoms with van der Waals surface area (Å²) in [6.45, 7) is 0.282. The van der Waals surface area contributed by atoms with Crippen LogP contribution >= 0.6 is 0 Å². The van der Waals surface area contributed by atoms with Crippen LogP contribution in [0.25, 0.3) is 0 Å². The van der Waals surface area contributed by atoms with Gasteiger partial charge in [0.25, 0.3) is 0 Å². The Morgan fingerprint density at radius 1 is 1.62 bits per heavy atom. The summed E-state index contributed by atoms with van der Waals surface area (Å²) in [5.41, 5.74) is 11.5. The summed E-state index contributed by atoms with van der Waals surface area (Å²) in [5, 5.41) is 0. The highest BCUT2D eigenvalue weighted by Gasteiger charge is 2.13. The second kappa shape index (κ2) is 4.57. The van der Waals surface area contributed by atoms with E-state index in [4.69, 9.17) is 11.5 Å². The lowest BCUT2D eigenvalue weighted by molar-refractivity contribution is -0.121. The number of nitrogens with two attached hydrogens (primary N) is 2. The van der Waals surface area contributed by atoms with E-state index in [-0.39, 0.29) is 18.4 Å². The average molecular weight is 179 g/mol. The van der Waals surface area contributed by atoms with Crippen molar-refractivity contribution in [1.29, 1.82) is 0 Å². The molecule has 1 aromatic rings. The molecule has 4 N–H and O–H groups in total. The van der Waals surface area contributed by atoms with E-state index in [0.29, 0.717) is 6.42 Å². The molecule has 1 atom stereocenters. The van der Waals surface area contributed by atoms with E-state index >= 15 is 0 Å². The summed E-state index contributed by atoms with van der Waals surface area (Å²) in [6.07, 6.45) is 3.97. The van der Waals surface area contributed by atoms with Gasteiger partial charge in [0.05, 0.1) is 5.92 Å². The molecule has 0 saturated carbocycles. The first kappa shape index (κ1) is 9.67. The van der Waals surface area contributed by atoms with Crippen molar-refractivity contribution in [2.24, 2.45) is 17.4 Å². The largest absolute Gasteiger partial charge is 0.369 e. The number of carbonyl (C=O) groups excluding carboxylic acids is 1. The van der Waals surface area contributed by atoms with Crippen molar-refractivity contribution in [3.63, 3.8) is 0 Å². The number of carbonyl (C=O) groups is 1. The number of rotatable bonds is 4.